The third kappa shape index (κ3) is 5.56. The summed E-state index contributed by atoms with van der Waals surface area (Å²) in [6, 6.07) is 5.77. The number of nitriles is 1. The van der Waals surface area contributed by atoms with E-state index in [9.17, 15) is 45.2 Å². The monoisotopic (exact) mass is 653 g/mol. The maximum absolute atomic E-state index is 13.9. The summed E-state index contributed by atoms with van der Waals surface area (Å²) in [5.74, 6) is -3.87. The van der Waals surface area contributed by atoms with Gasteiger partial charge in [0.05, 0.1) is 67.4 Å². The van der Waals surface area contributed by atoms with Gasteiger partial charge in [0.1, 0.15) is 29.5 Å². The number of hydrogen-bond acceptors (Lipinski definition) is 15. The Morgan fingerprint density at radius 3 is 2.64 bits per heavy atom. The number of ketones is 3. The lowest BCUT2D eigenvalue weighted by Gasteiger charge is -2.44. The summed E-state index contributed by atoms with van der Waals surface area (Å²) in [4.78, 5) is 40.4. The number of benzene rings is 2. The molecule has 0 amide bonds. The number of carbonyl (C=O) groups excluding carboxylic acids is 3. The number of fused-ring (bicyclic) bond motifs is 3. The molecule has 47 heavy (non-hydrogen) atoms. The van der Waals surface area contributed by atoms with E-state index in [1.165, 1.54) is 25.3 Å². The van der Waals surface area contributed by atoms with Crippen LogP contribution >= 0.6 is 0 Å². The predicted octanol–water partition coefficient (Wildman–Crippen LogP) is -0.228. The zero-order chi connectivity index (χ0) is 33.8. The highest BCUT2D eigenvalue weighted by molar-refractivity contribution is 6.31. The Morgan fingerprint density at radius 2 is 1.94 bits per heavy atom. The van der Waals surface area contributed by atoms with E-state index >= 15 is 0 Å². The molecule has 6 N–H and O–H groups in total. The SMILES string of the molecule is COc1cccc2c1C(=O)c1c(O)c3c(c(O)c1C2=O)C[C@@](O)(C(=O)CO)C[C@@H]3OC1CC(NN2CCOC(C#N)C2)C(O)C(C)O1. The highest BCUT2D eigenvalue weighted by Gasteiger charge is 2.50. The lowest BCUT2D eigenvalue weighted by Crippen LogP contribution is -2.61. The molecule has 15 nitrogen and oxygen atoms in total. The zero-order valence-corrected chi connectivity index (χ0v) is 25.6. The average Bonchev–Trinajstić information content (AvgIpc) is 3.06. The number of hydrazine groups is 1. The Balaban J connectivity index is 1.39. The number of Topliss-reactive ketones (excluding diaryl/α,β-unsaturated/α-hetero) is 1. The van der Waals surface area contributed by atoms with Crippen LogP contribution in [0.2, 0.25) is 0 Å². The van der Waals surface area contributed by atoms with E-state index in [4.69, 9.17) is 18.9 Å². The molecule has 250 valence electrons. The summed E-state index contributed by atoms with van der Waals surface area (Å²) in [6.45, 7) is 1.54. The van der Waals surface area contributed by atoms with Crippen molar-refractivity contribution in [3.63, 3.8) is 0 Å². The summed E-state index contributed by atoms with van der Waals surface area (Å²) in [5, 5.41) is 66.3. The maximum Gasteiger partial charge on any atom is 0.202 e. The second-order valence-corrected chi connectivity index (χ2v) is 12.2. The molecule has 0 saturated carbocycles. The van der Waals surface area contributed by atoms with E-state index < -0.39 is 102 Å². The first-order valence-electron chi connectivity index (χ1n) is 15.2. The van der Waals surface area contributed by atoms with Crippen molar-refractivity contribution < 1.29 is 58.9 Å². The van der Waals surface area contributed by atoms with Gasteiger partial charge in [0, 0.05) is 42.5 Å². The van der Waals surface area contributed by atoms with Crippen LogP contribution in [0.3, 0.4) is 0 Å². The molecule has 2 aliphatic heterocycles. The Morgan fingerprint density at radius 1 is 1.19 bits per heavy atom. The molecular formula is C32H35N3O12. The minimum Gasteiger partial charge on any atom is -0.507 e. The van der Waals surface area contributed by atoms with Gasteiger partial charge in [0.2, 0.25) is 5.78 Å². The number of hydrogen-bond donors (Lipinski definition) is 6. The second-order valence-electron chi connectivity index (χ2n) is 12.2. The standard InChI is InChI=1S/C32H35N3O12/c1-14-27(38)18(34-35-6-7-45-15(11-33)12-35)8-22(46-14)47-20-10-32(43,21(37)13-36)9-17-24(20)31(42)26-25(29(17)40)28(39)16-4-3-5-19(44-2)23(16)30(26)41/h3-5,14-15,18,20,22,27,34,36,38,40,42-43H,6-10,12-13H2,1-2H3/t14?,15?,18?,20-,22?,27?,32-/m0/s1. The van der Waals surface area contributed by atoms with E-state index in [1.54, 1.807) is 11.9 Å². The lowest BCUT2D eigenvalue weighted by atomic mass is 9.72. The zero-order valence-electron chi connectivity index (χ0n) is 25.6. The summed E-state index contributed by atoms with van der Waals surface area (Å²) in [7, 11) is 1.32. The normalized spacial score (nSPS) is 30.6. The van der Waals surface area contributed by atoms with Crippen molar-refractivity contribution in [3.8, 4) is 23.3 Å². The van der Waals surface area contributed by atoms with Crippen LogP contribution in [0.25, 0.3) is 0 Å². The van der Waals surface area contributed by atoms with Crippen molar-refractivity contribution in [2.24, 2.45) is 0 Å². The van der Waals surface area contributed by atoms with Crippen LogP contribution in [0.4, 0.5) is 0 Å². The fourth-order valence-corrected chi connectivity index (χ4v) is 6.92. The minimum atomic E-state index is -2.29. The van der Waals surface area contributed by atoms with Gasteiger partial charge < -0.3 is 44.5 Å². The Labute approximate surface area is 268 Å². The Hall–Kier alpha value is -3.98. The number of nitrogens with zero attached hydrogens (tertiary/aromatic N) is 2. The van der Waals surface area contributed by atoms with Gasteiger partial charge in [-0.05, 0) is 13.0 Å². The van der Waals surface area contributed by atoms with Crippen molar-refractivity contribution in [1.82, 2.24) is 10.4 Å². The van der Waals surface area contributed by atoms with E-state index in [-0.39, 0.29) is 41.0 Å². The Kier molecular flexibility index (Phi) is 8.81. The number of ether oxygens (including phenoxy) is 4. The molecule has 7 atom stereocenters. The Bertz CT molecular complexity index is 1670. The van der Waals surface area contributed by atoms with Gasteiger partial charge in [-0.2, -0.15) is 5.26 Å². The first-order chi connectivity index (χ1) is 22.4. The molecule has 0 aromatic heterocycles. The molecule has 4 aliphatic rings. The first kappa shape index (κ1) is 32.9. The van der Waals surface area contributed by atoms with Crippen molar-refractivity contribution in [1.29, 1.82) is 5.26 Å². The molecule has 0 radical (unpaired) electrons. The number of morpholine rings is 1. The largest absolute Gasteiger partial charge is 0.507 e. The topological polar surface area (TPSA) is 228 Å². The molecule has 5 unspecified atom stereocenters. The molecule has 2 aromatic carbocycles. The van der Waals surface area contributed by atoms with Gasteiger partial charge in [-0.1, -0.05) is 12.1 Å². The summed E-state index contributed by atoms with van der Waals surface area (Å²) >= 11 is 0. The first-order valence-corrected chi connectivity index (χ1v) is 15.2. The molecule has 2 aromatic rings. The van der Waals surface area contributed by atoms with E-state index in [0.717, 1.165) is 0 Å². The average molecular weight is 654 g/mol. The van der Waals surface area contributed by atoms with Crippen molar-refractivity contribution in [2.75, 3.05) is 33.4 Å². The molecule has 0 spiro atoms. The van der Waals surface area contributed by atoms with Crippen molar-refractivity contribution in [2.45, 2.75) is 68.5 Å². The molecule has 15 heteroatoms. The minimum absolute atomic E-state index is 0.0258. The number of methoxy groups -OCH3 is 1. The van der Waals surface area contributed by atoms with Gasteiger partial charge in [-0.25, -0.2) is 10.4 Å². The highest BCUT2D eigenvalue weighted by Crippen LogP contribution is 2.52. The maximum atomic E-state index is 13.9. The smallest absolute Gasteiger partial charge is 0.202 e. The van der Waals surface area contributed by atoms with Gasteiger partial charge in [-0.15, -0.1) is 0 Å². The summed E-state index contributed by atoms with van der Waals surface area (Å²) in [6.07, 6.45) is -6.03. The quantitative estimate of drug-likeness (QED) is 0.181. The van der Waals surface area contributed by atoms with Gasteiger partial charge >= 0.3 is 0 Å². The number of aliphatic hydroxyl groups excluding tert-OH is 2. The molecule has 0 bridgehead atoms. The van der Waals surface area contributed by atoms with Crippen LogP contribution in [0.5, 0.6) is 17.2 Å². The van der Waals surface area contributed by atoms with E-state index in [0.29, 0.717) is 13.2 Å². The summed E-state index contributed by atoms with van der Waals surface area (Å²) < 4.78 is 22.9. The van der Waals surface area contributed by atoms with Gasteiger partial charge in [0.25, 0.3) is 0 Å². The van der Waals surface area contributed by atoms with Crippen molar-refractivity contribution >= 4 is 17.3 Å². The number of phenols is 2. The molecular weight excluding hydrogens is 618 g/mol. The number of phenolic OH excluding ortho intramolecular Hbond substituents is 2. The number of carbonyl (C=O) groups is 3. The van der Waals surface area contributed by atoms with Crippen molar-refractivity contribution in [3.05, 3.63) is 51.6 Å². The number of aliphatic hydroxyl groups is 3. The fourth-order valence-electron chi connectivity index (χ4n) is 6.92. The van der Waals surface area contributed by atoms with E-state index in [2.05, 4.69) is 11.5 Å². The fraction of sp³-hybridized carbons (Fsp3) is 0.500. The summed E-state index contributed by atoms with van der Waals surface area (Å²) in [5.41, 5.74) is -0.573. The van der Waals surface area contributed by atoms with Gasteiger partial charge in [-0.3, -0.25) is 14.4 Å². The van der Waals surface area contributed by atoms with Crippen LogP contribution in [0.1, 0.15) is 68.8 Å². The predicted molar refractivity (Wildman–Crippen MR) is 158 cm³/mol. The van der Waals surface area contributed by atoms with Crippen LogP contribution in [-0.4, -0.2) is 118 Å². The molecule has 2 aliphatic carbocycles. The van der Waals surface area contributed by atoms with E-state index in [1.807, 2.05) is 0 Å². The van der Waals surface area contributed by atoms with Crippen LogP contribution in [0.15, 0.2) is 18.2 Å². The molecule has 2 fully saturated rings. The molecule has 6 rings (SSSR count). The van der Waals surface area contributed by atoms with Crippen LogP contribution in [-0.2, 0) is 25.4 Å². The highest BCUT2D eigenvalue weighted by atomic mass is 16.7. The van der Waals surface area contributed by atoms with Crippen LogP contribution in [0, 0.1) is 11.3 Å². The number of nitrogens with one attached hydrogen (secondary N) is 1. The second kappa shape index (κ2) is 12.6. The third-order valence-corrected chi connectivity index (χ3v) is 9.32. The van der Waals surface area contributed by atoms with Gasteiger partial charge in [0.15, 0.2) is 24.0 Å². The number of aromatic hydroxyl groups is 2. The number of rotatable bonds is 7. The third-order valence-electron chi connectivity index (χ3n) is 9.32. The van der Waals surface area contributed by atoms with Crippen LogP contribution < -0.4 is 10.2 Å². The molecule has 2 heterocycles. The lowest BCUT2D eigenvalue weighted by molar-refractivity contribution is -0.254. The molecule has 2 saturated heterocycles.